The third-order valence-corrected chi connectivity index (χ3v) is 5.37. The van der Waals surface area contributed by atoms with Gasteiger partial charge in [-0.1, -0.05) is 29.1 Å². The Morgan fingerprint density at radius 1 is 1.10 bits per heavy atom. The first-order valence-electron chi connectivity index (χ1n) is 9.73. The third kappa shape index (κ3) is 4.22. The van der Waals surface area contributed by atoms with E-state index in [1.807, 2.05) is 36.1 Å². The summed E-state index contributed by atoms with van der Waals surface area (Å²) in [6.07, 6.45) is 0. The molecule has 2 atom stereocenters. The van der Waals surface area contributed by atoms with E-state index in [4.69, 9.17) is 4.84 Å². The average molecular weight is 397 g/mol. The number of carbonyl (C=O) groups excluding carboxylic acids is 1. The molecule has 7 nitrogen and oxygen atoms in total. The Morgan fingerprint density at radius 3 is 2.66 bits per heavy atom. The summed E-state index contributed by atoms with van der Waals surface area (Å²) in [5, 5.41) is 7.97. The van der Waals surface area contributed by atoms with E-state index >= 15 is 0 Å². The number of fused-ring (bicyclic) bond motifs is 1. The number of amides is 1. The second kappa shape index (κ2) is 8.16. The van der Waals surface area contributed by atoms with Crippen molar-refractivity contribution in [2.24, 2.45) is 0 Å². The Labute approximate surface area is 168 Å². The largest absolute Gasteiger partial charge is 0.385 e. The number of rotatable bonds is 5. The van der Waals surface area contributed by atoms with E-state index in [2.05, 4.69) is 22.1 Å². The zero-order valence-corrected chi connectivity index (χ0v) is 16.5. The Kier molecular flexibility index (Phi) is 5.44. The van der Waals surface area contributed by atoms with Crippen LogP contribution < -0.4 is 4.84 Å². The standard InChI is InChI=1S/C21H24FN5O2/c1-15-12-26(16(2)11-25(15)13-17-7-9-18(22)10-8-17)21(28)14-29-27-20-6-4-3-5-19(20)23-24-27/h3-10,15-16H,11-14H2,1-2H3/t15-,16+/m1/s1. The van der Waals surface area contributed by atoms with Crippen LogP contribution >= 0.6 is 0 Å². The summed E-state index contributed by atoms with van der Waals surface area (Å²) in [4.78, 5) is 23.8. The maximum absolute atomic E-state index is 13.1. The molecule has 1 fully saturated rings. The van der Waals surface area contributed by atoms with Crippen LogP contribution in [-0.4, -0.2) is 62.6 Å². The van der Waals surface area contributed by atoms with Gasteiger partial charge in [-0.2, -0.15) is 0 Å². The number of carbonyl (C=O) groups is 1. The van der Waals surface area contributed by atoms with Crippen LogP contribution in [0.3, 0.4) is 0 Å². The topological polar surface area (TPSA) is 63.5 Å². The lowest BCUT2D eigenvalue weighted by Gasteiger charge is -2.44. The summed E-state index contributed by atoms with van der Waals surface area (Å²) >= 11 is 0. The molecule has 0 unspecified atom stereocenters. The Morgan fingerprint density at radius 2 is 1.86 bits per heavy atom. The molecule has 8 heteroatoms. The number of aromatic nitrogens is 3. The molecule has 1 aliphatic heterocycles. The lowest BCUT2D eigenvalue weighted by molar-refractivity contribution is -0.142. The number of piperazine rings is 1. The van der Waals surface area contributed by atoms with E-state index < -0.39 is 0 Å². The molecule has 1 aliphatic rings. The molecule has 2 heterocycles. The molecular formula is C21H24FN5O2. The van der Waals surface area contributed by atoms with Gasteiger partial charge in [0.2, 0.25) is 0 Å². The minimum absolute atomic E-state index is 0.0511. The van der Waals surface area contributed by atoms with Crippen molar-refractivity contribution in [2.75, 3.05) is 19.7 Å². The smallest absolute Gasteiger partial charge is 0.263 e. The molecule has 0 radical (unpaired) electrons. The molecule has 4 rings (SSSR count). The lowest BCUT2D eigenvalue weighted by Crippen LogP contribution is -2.58. The summed E-state index contributed by atoms with van der Waals surface area (Å²) < 4.78 is 13.1. The fraction of sp³-hybridized carbons (Fsp3) is 0.381. The van der Waals surface area contributed by atoms with Crippen molar-refractivity contribution in [3.63, 3.8) is 0 Å². The maximum atomic E-state index is 13.1. The number of benzene rings is 2. The molecule has 0 N–H and O–H groups in total. The fourth-order valence-corrected chi connectivity index (χ4v) is 3.73. The van der Waals surface area contributed by atoms with E-state index in [0.29, 0.717) is 6.54 Å². The Bertz CT molecular complexity index is 990. The highest BCUT2D eigenvalue weighted by atomic mass is 19.1. The third-order valence-electron chi connectivity index (χ3n) is 5.37. The molecule has 2 aromatic carbocycles. The predicted molar refractivity (Wildman–Crippen MR) is 106 cm³/mol. The van der Waals surface area contributed by atoms with Crippen molar-refractivity contribution in [1.82, 2.24) is 25.0 Å². The van der Waals surface area contributed by atoms with Gasteiger partial charge in [0.25, 0.3) is 5.91 Å². The van der Waals surface area contributed by atoms with Gasteiger partial charge >= 0.3 is 0 Å². The number of halogens is 1. The highest BCUT2D eigenvalue weighted by Gasteiger charge is 2.32. The van der Waals surface area contributed by atoms with Crippen molar-refractivity contribution in [3.8, 4) is 0 Å². The molecule has 3 aromatic rings. The van der Waals surface area contributed by atoms with E-state index in [0.717, 1.165) is 29.7 Å². The molecule has 0 saturated carbocycles. The van der Waals surface area contributed by atoms with E-state index in [-0.39, 0.29) is 30.4 Å². The van der Waals surface area contributed by atoms with Crippen LogP contribution in [-0.2, 0) is 11.3 Å². The van der Waals surface area contributed by atoms with Gasteiger partial charge in [-0.15, -0.1) is 5.10 Å². The van der Waals surface area contributed by atoms with Crippen molar-refractivity contribution >= 4 is 16.9 Å². The van der Waals surface area contributed by atoms with Crippen LogP contribution in [0.5, 0.6) is 0 Å². The first-order chi connectivity index (χ1) is 14.0. The SMILES string of the molecule is C[C@@H]1CN(C(=O)COn2nnc3ccccc32)[C@@H](C)CN1Cc1ccc(F)cc1. The van der Waals surface area contributed by atoms with Crippen LogP contribution in [0.4, 0.5) is 4.39 Å². The van der Waals surface area contributed by atoms with Gasteiger partial charge in [-0.25, -0.2) is 4.39 Å². The highest BCUT2D eigenvalue weighted by molar-refractivity contribution is 5.78. The number of nitrogens with zero attached hydrogens (tertiary/aromatic N) is 5. The van der Waals surface area contributed by atoms with Gasteiger partial charge in [-0.3, -0.25) is 9.69 Å². The quantitative estimate of drug-likeness (QED) is 0.660. The van der Waals surface area contributed by atoms with Gasteiger partial charge in [0.1, 0.15) is 16.9 Å². The van der Waals surface area contributed by atoms with Crippen molar-refractivity contribution in [1.29, 1.82) is 0 Å². The molecule has 1 amide bonds. The number of para-hydroxylation sites is 1. The van der Waals surface area contributed by atoms with E-state index in [1.54, 1.807) is 12.1 Å². The van der Waals surface area contributed by atoms with Crippen LogP contribution in [0, 0.1) is 5.82 Å². The summed E-state index contributed by atoms with van der Waals surface area (Å²) in [5.41, 5.74) is 2.51. The van der Waals surface area contributed by atoms with E-state index in [9.17, 15) is 9.18 Å². The summed E-state index contributed by atoms with van der Waals surface area (Å²) in [5.74, 6) is -0.309. The number of hydrogen-bond acceptors (Lipinski definition) is 5. The minimum atomic E-state index is -0.231. The fourth-order valence-electron chi connectivity index (χ4n) is 3.73. The maximum Gasteiger partial charge on any atom is 0.263 e. The van der Waals surface area contributed by atoms with E-state index in [1.165, 1.54) is 17.0 Å². The molecule has 0 bridgehead atoms. The zero-order valence-electron chi connectivity index (χ0n) is 16.5. The van der Waals surface area contributed by atoms with Crippen LogP contribution in [0.15, 0.2) is 48.5 Å². The summed E-state index contributed by atoms with van der Waals surface area (Å²) in [6, 6.07) is 14.2. The first-order valence-corrected chi connectivity index (χ1v) is 9.73. The Hall–Kier alpha value is -3.00. The van der Waals surface area contributed by atoms with Crippen LogP contribution in [0.25, 0.3) is 11.0 Å². The van der Waals surface area contributed by atoms with Crippen molar-refractivity contribution in [3.05, 3.63) is 59.9 Å². The Balaban J connectivity index is 1.35. The van der Waals surface area contributed by atoms with Gasteiger partial charge < -0.3 is 9.74 Å². The monoisotopic (exact) mass is 397 g/mol. The molecule has 0 aliphatic carbocycles. The first kappa shape index (κ1) is 19.3. The average Bonchev–Trinajstić information content (AvgIpc) is 3.13. The lowest BCUT2D eigenvalue weighted by atomic mass is 10.1. The molecule has 1 aromatic heterocycles. The van der Waals surface area contributed by atoms with Crippen LogP contribution in [0.1, 0.15) is 19.4 Å². The zero-order chi connectivity index (χ0) is 20.4. The van der Waals surface area contributed by atoms with Gasteiger partial charge in [-0.05, 0) is 48.9 Å². The highest BCUT2D eigenvalue weighted by Crippen LogP contribution is 2.18. The summed E-state index contributed by atoms with van der Waals surface area (Å²) in [7, 11) is 0. The van der Waals surface area contributed by atoms with Gasteiger partial charge in [0.15, 0.2) is 6.61 Å². The molecule has 1 saturated heterocycles. The van der Waals surface area contributed by atoms with Gasteiger partial charge in [0, 0.05) is 31.7 Å². The minimum Gasteiger partial charge on any atom is -0.385 e. The second-order valence-corrected chi connectivity index (χ2v) is 7.52. The normalized spacial score (nSPS) is 20.2. The van der Waals surface area contributed by atoms with Crippen LogP contribution in [0.2, 0.25) is 0 Å². The molecule has 29 heavy (non-hydrogen) atoms. The van der Waals surface area contributed by atoms with Gasteiger partial charge in [0.05, 0.1) is 0 Å². The second-order valence-electron chi connectivity index (χ2n) is 7.52. The number of hydrogen-bond donors (Lipinski definition) is 0. The molecule has 152 valence electrons. The predicted octanol–water partition coefficient (Wildman–Crippen LogP) is 2.12. The summed E-state index contributed by atoms with van der Waals surface area (Å²) in [6.45, 7) is 6.13. The molecule has 0 spiro atoms. The van der Waals surface area contributed by atoms with Crippen molar-refractivity contribution < 1.29 is 14.0 Å². The molecular weight excluding hydrogens is 373 g/mol. The van der Waals surface area contributed by atoms with Crippen molar-refractivity contribution in [2.45, 2.75) is 32.5 Å².